The Balaban J connectivity index is 1.88. The summed E-state index contributed by atoms with van der Waals surface area (Å²) in [6.45, 7) is 9.13. The van der Waals surface area contributed by atoms with E-state index in [9.17, 15) is 4.39 Å². The number of benzene rings is 1. The summed E-state index contributed by atoms with van der Waals surface area (Å²) in [4.78, 5) is 0. The van der Waals surface area contributed by atoms with Crippen LogP contribution in [0.1, 0.15) is 34.1 Å². The van der Waals surface area contributed by atoms with Gasteiger partial charge in [-0.2, -0.15) is 0 Å². The van der Waals surface area contributed by atoms with Crippen LogP contribution < -0.4 is 10.2 Å². The van der Waals surface area contributed by atoms with Gasteiger partial charge in [-0.25, -0.2) is 4.39 Å². The molecular weight excluding hydrogens is 286 g/mol. The Bertz CT molecular complexity index is 539. The molecule has 0 radical (unpaired) electrons. The molecule has 0 spiro atoms. The normalized spacial score (nSPS) is 26.4. The molecule has 120 valence electrons. The minimum Gasteiger partial charge on any atom is -0.488 e. The molecule has 0 saturated carbocycles. The lowest BCUT2D eigenvalue weighted by Crippen LogP contribution is -2.41. The molecule has 0 aromatic heterocycles. The smallest absolute Gasteiger partial charge is 0.488 e. The molecule has 2 aliphatic rings. The molecule has 1 aromatic rings. The van der Waals surface area contributed by atoms with Crippen LogP contribution >= 0.6 is 0 Å². The fraction of sp³-hybridized carbons (Fsp3) is 0.625. The van der Waals surface area contributed by atoms with E-state index in [1.54, 1.807) is 6.07 Å². The predicted molar refractivity (Wildman–Crippen MR) is 82.0 cm³/mol. The summed E-state index contributed by atoms with van der Waals surface area (Å²) in [5, 5.41) is 0. The van der Waals surface area contributed by atoms with Crippen molar-refractivity contribution in [1.29, 1.82) is 0 Å². The first kappa shape index (κ1) is 15.8. The zero-order valence-corrected chi connectivity index (χ0v) is 13.5. The third-order valence-electron chi connectivity index (χ3n) is 4.66. The summed E-state index contributed by atoms with van der Waals surface area (Å²) in [7, 11) is -0.641. The largest absolute Gasteiger partial charge is 0.498 e. The fourth-order valence-electron chi connectivity index (χ4n) is 2.57. The van der Waals surface area contributed by atoms with E-state index in [2.05, 4.69) is 0 Å². The van der Waals surface area contributed by atoms with Gasteiger partial charge in [0.25, 0.3) is 0 Å². The molecule has 2 heterocycles. The monoisotopic (exact) mass is 308 g/mol. The van der Waals surface area contributed by atoms with Gasteiger partial charge in [0.05, 0.1) is 24.4 Å². The van der Waals surface area contributed by atoms with Crippen molar-refractivity contribution < 1.29 is 23.2 Å². The van der Waals surface area contributed by atoms with Crippen molar-refractivity contribution in [1.82, 2.24) is 0 Å². The van der Waals surface area contributed by atoms with Crippen LogP contribution in [0.15, 0.2) is 18.2 Å². The third kappa shape index (κ3) is 2.87. The molecule has 0 bridgehead atoms. The van der Waals surface area contributed by atoms with Crippen molar-refractivity contribution in [2.45, 2.75) is 51.4 Å². The summed E-state index contributed by atoms with van der Waals surface area (Å²) in [6, 6.07) is 4.45. The lowest BCUT2D eigenvalue weighted by molar-refractivity contribution is 0.00578. The Hall–Kier alpha value is -1.11. The quantitative estimate of drug-likeness (QED) is 0.803. The Labute approximate surface area is 131 Å². The highest BCUT2D eigenvalue weighted by atomic mass is 19.1. The average Bonchev–Trinajstić information content (AvgIpc) is 2.99. The van der Waals surface area contributed by atoms with Gasteiger partial charge in [0.1, 0.15) is 17.7 Å². The molecule has 2 fully saturated rings. The first-order valence-corrected chi connectivity index (χ1v) is 7.68. The van der Waals surface area contributed by atoms with Crippen LogP contribution in [0.4, 0.5) is 4.39 Å². The van der Waals surface area contributed by atoms with Gasteiger partial charge in [0.2, 0.25) is 0 Å². The first-order valence-electron chi connectivity index (χ1n) is 7.68. The van der Waals surface area contributed by atoms with Crippen LogP contribution in [-0.4, -0.2) is 37.6 Å². The van der Waals surface area contributed by atoms with Gasteiger partial charge in [-0.15, -0.1) is 0 Å². The Kier molecular flexibility index (Phi) is 3.95. The molecule has 0 aliphatic carbocycles. The van der Waals surface area contributed by atoms with Crippen molar-refractivity contribution in [3.8, 4) is 5.75 Å². The van der Waals surface area contributed by atoms with Crippen LogP contribution in [-0.2, 0) is 14.0 Å². The standard InChI is InChI=1S/C16H22BFO4/c1-15(2)16(3,4)22-17(21-15)13-9-11(18)5-6-14(13)20-12-7-8-19-10-12/h5-6,9,12H,7-8,10H2,1-4H3. The van der Waals surface area contributed by atoms with Crippen molar-refractivity contribution in [2.75, 3.05) is 13.2 Å². The van der Waals surface area contributed by atoms with E-state index >= 15 is 0 Å². The topological polar surface area (TPSA) is 36.9 Å². The molecule has 2 saturated heterocycles. The molecule has 6 heteroatoms. The van der Waals surface area contributed by atoms with E-state index < -0.39 is 18.3 Å². The highest BCUT2D eigenvalue weighted by Crippen LogP contribution is 2.37. The van der Waals surface area contributed by atoms with E-state index in [0.717, 1.165) is 6.42 Å². The molecule has 2 aliphatic heterocycles. The molecule has 1 unspecified atom stereocenters. The van der Waals surface area contributed by atoms with Gasteiger partial charge in [-0.1, -0.05) is 0 Å². The Morgan fingerprint density at radius 2 is 1.86 bits per heavy atom. The molecule has 3 rings (SSSR count). The SMILES string of the molecule is CC1(C)OB(c2cc(F)ccc2OC2CCOC2)OC1(C)C. The Morgan fingerprint density at radius 3 is 2.45 bits per heavy atom. The van der Waals surface area contributed by atoms with Crippen molar-refractivity contribution in [2.24, 2.45) is 0 Å². The molecule has 4 nitrogen and oxygen atoms in total. The number of hydrogen-bond donors (Lipinski definition) is 0. The maximum atomic E-state index is 13.7. The van der Waals surface area contributed by atoms with E-state index in [1.165, 1.54) is 12.1 Å². The van der Waals surface area contributed by atoms with Crippen LogP contribution in [0.5, 0.6) is 5.75 Å². The summed E-state index contributed by atoms with van der Waals surface area (Å²) in [6.07, 6.45) is 0.826. The lowest BCUT2D eigenvalue weighted by atomic mass is 9.78. The van der Waals surface area contributed by atoms with E-state index in [4.69, 9.17) is 18.8 Å². The van der Waals surface area contributed by atoms with Crippen molar-refractivity contribution in [3.05, 3.63) is 24.0 Å². The highest BCUT2D eigenvalue weighted by Gasteiger charge is 2.52. The molecule has 1 atom stereocenters. The average molecular weight is 308 g/mol. The highest BCUT2D eigenvalue weighted by molar-refractivity contribution is 6.63. The summed E-state index contributed by atoms with van der Waals surface area (Å²) < 4.78 is 37.0. The predicted octanol–water partition coefficient (Wildman–Crippen LogP) is 2.29. The zero-order chi connectivity index (χ0) is 16.0. The summed E-state index contributed by atoms with van der Waals surface area (Å²) in [5.41, 5.74) is -0.360. The van der Waals surface area contributed by atoms with E-state index in [1.807, 2.05) is 27.7 Å². The molecule has 0 N–H and O–H groups in total. The van der Waals surface area contributed by atoms with E-state index in [0.29, 0.717) is 24.4 Å². The summed E-state index contributed by atoms with van der Waals surface area (Å²) >= 11 is 0. The van der Waals surface area contributed by atoms with Gasteiger partial charge < -0.3 is 18.8 Å². The van der Waals surface area contributed by atoms with Crippen LogP contribution in [0.3, 0.4) is 0 Å². The van der Waals surface area contributed by atoms with Gasteiger partial charge in [0.15, 0.2) is 0 Å². The second kappa shape index (κ2) is 5.51. The van der Waals surface area contributed by atoms with Crippen LogP contribution in [0, 0.1) is 5.82 Å². The van der Waals surface area contributed by atoms with Gasteiger partial charge >= 0.3 is 7.12 Å². The first-order chi connectivity index (χ1) is 10.3. The van der Waals surface area contributed by atoms with Crippen LogP contribution in [0.25, 0.3) is 0 Å². The molecule has 0 amide bonds. The van der Waals surface area contributed by atoms with Gasteiger partial charge in [0, 0.05) is 11.9 Å². The van der Waals surface area contributed by atoms with Gasteiger partial charge in [-0.3, -0.25) is 0 Å². The van der Waals surface area contributed by atoms with E-state index in [-0.39, 0.29) is 11.9 Å². The zero-order valence-electron chi connectivity index (χ0n) is 13.5. The van der Waals surface area contributed by atoms with Crippen LogP contribution in [0.2, 0.25) is 0 Å². The minimum atomic E-state index is -0.641. The second-order valence-corrected chi connectivity index (χ2v) is 6.87. The van der Waals surface area contributed by atoms with Gasteiger partial charge in [-0.05, 0) is 45.9 Å². The maximum Gasteiger partial charge on any atom is 0.498 e. The number of hydrogen-bond acceptors (Lipinski definition) is 4. The fourth-order valence-corrected chi connectivity index (χ4v) is 2.57. The maximum absolute atomic E-state index is 13.7. The molecule has 1 aromatic carbocycles. The lowest BCUT2D eigenvalue weighted by Gasteiger charge is -2.32. The minimum absolute atomic E-state index is 0.00775. The number of rotatable bonds is 3. The van der Waals surface area contributed by atoms with Crippen molar-refractivity contribution >= 4 is 12.6 Å². The summed E-state index contributed by atoms with van der Waals surface area (Å²) in [5.74, 6) is 0.259. The molecular formula is C16H22BFO4. The molecule has 22 heavy (non-hydrogen) atoms. The third-order valence-corrected chi connectivity index (χ3v) is 4.66. The second-order valence-electron chi connectivity index (χ2n) is 6.87. The Morgan fingerprint density at radius 1 is 1.18 bits per heavy atom. The van der Waals surface area contributed by atoms with Crippen molar-refractivity contribution in [3.63, 3.8) is 0 Å². The number of halogens is 1. The number of ether oxygens (including phenoxy) is 2.